The van der Waals surface area contributed by atoms with E-state index < -0.39 is 0 Å². The summed E-state index contributed by atoms with van der Waals surface area (Å²) in [6.45, 7) is 0. The maximum absolute atomic E-state index is 11.6. The highest BCUT2D eigenvalue weighted by Gasteiger charge is 2.31. The first-order valence-corrected chi connectivity index (χ1v) is 9.46. The van der Waals surface area contributed by atoms with Gasteiger partial charge in [0.15, 0.2) is 5.16 Å². The Hall–Kier alpha value is -3.13. The molecular formula is C19H15N5O2S. The Balaban J connectivity index is 1.61. The van der Waals surface area contributed by atoms with Crippen LogP contribution in [0.4, 0.5) is 5.82 Å². The minimum Gasteiger partial charge on any atom is -0.358 e. The third-order valence-electron chi connectivity index (χ3n) is 4.58. The number of hydrogen-bond donors (Lipinski definition) is 0. The SMILES string of the molecule is O=[N+]([O-])c1c(Sc2ncc(-c3ccccc3)n2C2CC2)nc2ccccn12. The van der Waals surface area contributed by atoms with Crippen molar-refractivity contribution in [2.24, 2.45) is 0 Å². The quantitative estimate of drug-likeness (QED) is 0.375. The van der Waals surface area contributed by atoms with Gasteiger partial charge in [-0.1, -0.05) is 36.4 Å². The van der Waals surface area contributed by atoms with Crippen LogP contribution in [0.1, 0.15) is 18.9 Å². The molecule has 7 nitrogen and oxygen atoms in total. The number of imidazole rings is 2. The van der Waals surface area contributed by atoms with Crippen molar-refractivity contribution in [3.05, 3.63) is 71.0 Å². The molecule has 1 aromatic carbocycles. The summed E-state index contributed by atoms with van der Waals surface area (Å²) in [6.07, 6.45) is 5.69. The van der Waals surface area contributed by atoms with E-state index in [1.165, 1.54) is 16.2 Å². The van der Waals surface area contributed by atoms with E-state index >= 15 is 0 Å². The molecule has 5 rings (SSSR count). The minimum absolute atomic E-state index is 0.0257. The van der Waals surface area contributed by atoms with Gasteiger partial charge in [0.2, 0.25) is 10.7 Å². The van der Waals surface area contributed by atoms with Gasteiger partial charge in [0, 0.05) is 12.1 Å². The molecule has 1 aliphatic rings. The molecule has 0 amide bonds. The highest BCUT2D eigenvalue weighted by molar-refractivity contribution is 7.99. The molecule has 3 heterocycles. The number of aromatic nitrogens is 4. The zero-order chi connectivity index (χ0) is 18.4. The van der Waals surface area contributed by atoms with Crippen LogP contribution in [0.25, 0.3) is 16.9 Å². The molecule has 3 aromatic heterocycles. The van der Waals surface area contributed by atoms with Gasteiger partial charge in [0.05, 0.1) is 18.1 Å². The maximum atomic E-state index is 11.6. The van der Waals surface area contributed by atoms with E-state index in [2.05, 4.69) is 26.7 Å². The molecule has 1 aliphatic carbocycles. The topological polar surface area (TPSA) is 78.3 Å². The van der Waals surface area contributed by atoms with E-state index in [-0.39, 0.29) is 10.7 Å². The van der Waals surface area contributed by atoms with Crippen LogP contribution < -0.4 is 0 Å². The second-order valence-corrected chi connectivity index (χ2v) is 7.38. The summed E-state index contributed by atoms with van der Waals surface area (Å²) >= 11 is 1.26. The number of nitrogens with zero attached hydrogens (tertiary/aromatic N) is 5. The molecule has 0 radical (unpaired) electrons. The average Bonchev–Trinajstić information content (AvgIpc) is 3.32. The highest BCUT2D eigenvalue weighted by atomic mass is 32.2. The van der Waals surface area contributed by atoms with Crippen LogP contribution in [0.2, 0.25) is 0 Å². The summed E-state index contributed by atoms with van der Waals surface area (Å²) in [5, 5.41) is 12.7. The summed E-state index contributed by atoms with van der Waals surface area (Å²) in [6, 6.07) is 15.8. The van der Waals surface area contributed by atoms with Crippen LogP contribution in [0.5, 0.6) is 0 Å². The van der Waals surface area contributed by atoms with E-state index in [1.54, 1.807) is 18.3 Å². The Morgan fingerprint density at radius 3 is 2.63 bits per heavy atom. The van der Waals surface area contributed by atoms with Crippen molar-refractivity contribution < 1.29 is 4.92 Å². The van der Waals surface area contributed by atoms with Crippen LogP contribution in [0.15, 0.2) is 71.1 Å². The van der Waals surface area contributed by atoms with Gasteiger partial charge >= 0.3 is 5.82 Å². The van der Waals surface area contributed by atoms with Crippen molar-refractivity contribution in [2.45, 2.75) is 29.1 Å². The summed E-state index contributed by atoms with van der Waals surface area (Å²) in [5.41, 5.74) is 2.68. The van der Waals surface area contributed by atoms with Crippen LogP contribution in [-0.4, -0.2) is 23.9 Å². The van der Waals surface area contributed by atoms with E-state index in [0.29, 0.717) is 16.7 Å². The third-order valence-corrected chi connectivity index (χ3v) is 5.53. The molecule has 8 heteroatoms. The molecule has 0 atom stereocenters. The molecule has 134 valence electrons. The number of pyridine rings is 1. The molecule has 0 bridgehead atoms. The van der Waals surface area contributed by atoms with Crippen LogP contribution >= 0.6 is 11.8 Å². The lowest BCUT2D eigenvalue weighted by molar-refractivity contribution is -0.393. The van der Waals surface area contributed by atoms with E-state index in [1.807, 2.05) is 30.5 Å². The first-order valence-electron chi connectivity index (χ1n) is 8.64. The molecule has 0 spiro atoms. The van der Waals surface area contributed by atoms with E-state index in [9.17, 15) is 10.1 Å². The molecular weight excluding hydrogens is 362 g/mol. The lowest BCUT2D eigenvalue weighted by Gasteiger charge is -2.10. The Labute approximate surface area is 158 Å². The van der Waals surface area contributed by atoms with Crippen molar-refractivity contribution in [2.75, 3.05) is 0 Å². The Bertz CT molecular complexity index is 1150. The zero-order valence-electron chi connectivity index (χ0n) is 14.2. The van der Waals surface area contributed by atoms with Crippen molar-refractivity contribution in [3.8, 4) is 11.3 Å². The van der Waals surface area contributed by atoms with E-state index in [0.717, 1.165) is 29.3 Å². The van der Waals surface area contributed by atoms with Gasteiger partial charge in [0.25, 0.3) is 0 Å². The van der Waals surface area contributed by atoms with Crippen molar-refractivity contribution in [1.82, 2.24) is 18.9 Å². The van der Waals surface area contributed by atoms with Gasteiger partial charge < -0.3 is 14.7 Å². The normalized spacial score (nSPS) is 13.9. The highest BCUT2D eigenvalue weighted by Crippen LogP contribution is 2.44. The van der Waals surface area contributed by atoms with Gasteiger partial charge in [-0.05, 0) is 41.2 Å². The molecule has 0 saturated heterocycles. The van der Waals surface area contributed by atoms with Gasteiger partial charge in [0.1, 0.15) is 0 Å². The Morgan fingerprint density at radius 2 is 1.89 bits per heavy atom. The van der Waals surface area contributed by atoms with Gasteiger partial charge in [-0.25, -0.2) is 4.98 Å². The van der Waals surface area contributed by atoms with Crippen LogP contribution in [0.3, 0.4) is 0 Å². The van der Waals surface area contributed by atoms with E-state index in [4.69, 9.17) is 0 Å². The monoisotopic (exact) mass is 377 g/mol. The number of nitro groups is 1. The smallest absolute Gasteiger partial charge is 0.358 e. The molecule has 1 saturated carbocycles. The van der Waals surface area contributed by atoms with Crippen molar-refractivity contribution in [3.63, 3.8) is 0 Å². The second-order valence-electron chi connectivity index (χ2n) is 6.42. The summed E-state index contributed by atoms with van der Waals surface area (Å²) in [5.74, 6) is -0.0257. The van der Waals surface area contributed by atoms with Crippen LogP contribution in [-0.2, 0) is 0 Å². The predicted octanol–water partition coefficient (Wildman–Crippen LogP) is 4.59. The van der Waals surface area contributed by atoms with Gasteiger partial charge in [-0.2, -0.15) is 9.38 Å². The molecule has 1 fully saturated rings. The fourth-order valence-corrected chi connectivity index (χ4v) is 4.24. The Kier molecular flexibility index (Phi) is 3.71. The lowest BCUT2D eigenvalue weighted by Crippen LogP contribution is -2.00. The molecule has 0 N–H and O–H groups in total. The van der Waals surface area contributed by atoms with Crippen LogP contribution in [0, 0.1) is 10.1 Å². The zero-order valence-corrected chi connectivity index (χ0v) is 15.0. The second kappa shape index (κ2) is 6.24. The molecule has 0 aliphatic heterocycles. The summed E-state index contributed by atoms with van der Waals surface area (Å²) in [4.78, 5) is 20.3. The summed E-state index contributed by atoms with van der Waals surface area (Å²) in [7, 11) is 0. The number of hydrogen-bond acceptors (Lipinski definition) is 5. The largest absolute Gasteiger partial charge is 0.362 e. The lowest BCUT2D eigenvalue weighted by atomic mass is 10.2. The fourth-order valence-electron chi connectivity index (χ4n) is 3.21. The first-order chi connectivity index (χ1) is 13.2. The first kappa shape index (κ1) is 16.1. The number of fused-ring (bicyclic) bond motifs is 1. The Morgan fingerprint density at radius 1 is 1.11 bits per heavy atom. The maximum Gasteiger partial charge on any atom is 0.362 e. The molecule has 27 heavy (non-hydrogen) atoms. The standard InChI is InChI=1S/C19H15N5O2S/c25-24(26)18-17(21-16-8-4-5-11-22(16)18)27-19-20-12-15(23(19)14-9-10-14)13-6-2-1-3-7-13/h1-8,11-12,14H,9-10H2. The number of rotatable bonds is 5. The van der Waals surface area contributed by atoms with Crippen molar-refractivity contribution in [1.29, 1.82) is 0 Å². The predicted molar refractivity (Wildman–Crippen MR) is 102 cm³/mol. The third kappa shape index (κ3) is 2.78. The minimum atomic E-state index is -0.384. The molecule has 0 unspecified atom stereocenters. The van der Waals surface area contributed by atoms with Crippen molar-refractivity contribution >= 4 is 23.2 Å². The summed E-state index contributed by atoms with van der Waals surface area (Å²) < 4.78 is 3.69. The average molecular weight is 377 g/mol. The fraction of sp³-hybridized carbons (Fsp3) is 0.158. The molecule has 4 aromatic rings. The number of benzene rings is 1. The van der Waals surface area contributed by atoms with Gasteiger partial charge in [-0.3, -0.25) is 0 Å². The van der Waals surface area contributed by atoms with Gasteiger partial charge in [-0.15, -0.1) is 0 Å².